The Labute approximate surface area is 146 Å². The number of aliphatic hydroxyl groups excluding tert-OH is 1. The molecule has 2 aliphatic rings. The van der Waals surface area contributed by atoms with Crippen LogP contribution in [0.15, 0.2) is 47.7 Å². The summed E-state index contributed by atoms with van der Waals surface area (Å²) in [6, 6.07) is 7.62. The topological polar surface area (TPSA) is 74.2 Å². The molecular formula is C19H22O6. The predicted molar refractivity (Wildman–Crippen MR) is 89.7 cm³/mol. The maximum atomic E-state index is 12.5. The average Bonchev–Trinajstić information content (AvgIpc) is 2.93. The van der Waals surface area contributed by atoms with Gasteiger partial charge in [0, 0.05) is 11.5 Å². The summed E-state index contributed by atoms with van der Waals surface area (Å²) in [7, 11) is 0. The Hall–Kier alpha value is -2.31. The monoisotopic (exact) mass is 346 g/mol. The highest BCUT2D eigenvalue weighted by Crippen LogP contribution is 2.38. The number of para-hydroxylation sites is 1. The van der Waals surface area contributed by atoms with Crippen molar-refractivity contribution in [1.29, 1.82) is 0 Å². The van der Waals surface area contributed by atoms with E-state index in [2.05, 4.69) is 0 Å². The van der Waals surface area contributed by atoms with Gasteiger partial charge in [-0.05, 0) is 38.0 Å². The first-order valence-electron chi connectivity index (χ1n) is 8.36. The summed E-state index contributed by atoms with van der Waals surface area (Å²) < 4.78 is 21.7. The number of esters is 1. The Morgan fingerprint density at radius 2 is 2.20 bits per heavy atom. The van der Waals surface area contributed by atoms with Crippen molar-refractivity contribution in [3.8, 4) is 5.75 Å². The van der Waals surface area contributed by atoms with Crippen molar-refractivity contribution >= 4 is 5.97 Å². The van der Waals surface area contributed by atoms with Crippen molar-refractivity contribution in [2.45, 2.75) is 38.8 Å². The van der Waals surface area contributed by atoms with Gasteiger partial charge in [0.1, 0.15) is 5.75 Å². The van der Waals surface area contributed by atoms with Crippen LogP contribution in [-0.4, -0.2) is 36.9 Å². The highest BCUT2D eigenvalue weighted by atomic mass is 16.7. The summed E-state index contributed by atoms with van der Waals surface area (Å²) in [6.45, 7) is 4.30. The summed E-state index contributed by atoms with van der Waals surface area (Å²) >= 11 is 0. The maximum Gasteiger partial charge on any atom is 0.337 e. The minimum absolute atomic E-state index is 0.180. The van der Waals surface area contributed by atoms with Crippen LogP contribution >= 0.6 is 0 Å². The molecule has 0 aliphatic carbocycles. The Bertz CT molecular complexity index is 693. The second-order valence-corrected chi connectivity index (χ2v) is 5.92. The fourth-order valence-corrected chi connectivity index (χ4v) is 2.93. The van der Waals surface area contributed by atoms with Crippen LogP contribution in [0, 0.1) is 0 Å². The standard InChI is InChI=1S/C19H22O6/c1-3-22-19(21)15(11-24-17-10-12(2)18(20)25-17)13-8-9-23-16-7-5-4-6-14(13)16/h4-7,10-11,13,17-18,20H,3,8-9H2,1-2H3/b15-11+. The van der Waals surface area contributed by atoms with Gasteiger partial charge in [-0.3, -0.25) is 0 Å². The molecule has 0 spiro atoms. The molecule has 1 N–H and O–H groups in total. The highest BCUT2D eigenvalue weighted by Gasteiger charge is 2.31. The Morgan fingerprint density at radius 1 is 1.40 bits per heavy atom. The van der Waals surface area contributed by atoms with Crippen LogP contribution in [-0.2, 0) is 19.0 Å². The van der Waals surface area contributed by atoms with Gasteiger partial charge in [-0.15, -0.1) is 0 Å². The molecule has 1 aromatic carbocycles. The fraction of sp³-hybridized carbons (Fsp3) is 0.421. The van der Waals surface area contributed by atoms with Gasteiger partial charge >= 0.3 is 5.97 Å². The molecule has 134 valence electrons. The van der Waals surface area contributed by atoms with Crippen LogP contribution in [0.3, 0.4) is 0 Å². The predicted octanol–water partition coefficient (Wildman–Crippen LogP) is 2.64. The van der Waals surface area contributed by atoms with Crippen molar-refractivity contribution < 1.29 is 28.8 Å². The lowest BCUT2D eigenvalue weighted by Gasteiger charge is -2.27. The van der Waals surface area contributed by atoms with Gasteiger partial charge < -0.3 is 24.1 Å². The van der Waals surface area contributed by atoms with Crippen LogP contribution in [0.5, 0.6) is 5.75 Å². The highest BCUT2D eigenvalue weighted by molar-refractivity contribution is 5.90. The number of benzene rings is 1. The van der Waals surface area contributed by atoms with E-state index >= 15 is 0 Å². The first-order valence-corrected chi connectivity index (χ1v) is 8.36. The van der Waals surface area contributed by atoms with E-state index in [9.17, 15) is 9.90 Å². The molecule has 3 unspecified atom stereocenters. The zero-order chi connectivity index (χ0) is 17.8. The number of fused-ring (bicyclic) bond motifs is 1. The number of carbonyl (C=O) groups excluding carboxylic acids is 1. The van der Waals surface area contributed by atoms with Crippen molar-refractivity contribution in [2.24, 2.45) is 0 Å². The van der Waals surface area contributed by atoms with E-state index in [1.54, 1.807) is 19.9 Å². The zero-order valence-corrected chi connectivity index (χ0v) is 14.3. The molecule has 2 aliphatic heterocycles. The first-order chi connectivity index (χ1) is 12.1. The Balaban J connectivity index is 1.86. The molecule has 0 fully saturated rings. The second kappa shape index (κ2) is 7.72. The summed E-state index contributed by atoms with van der Waals surface area (Å²) in [4.78, 5) is 12.5. The quantitative estimate of drug-likeness (QED) is 0.382. The molecule has 25 heavy (non-hydrogen) atoms. The van der Waals surface area contributed by atoms with Crippen LogP contribution in [0.1, 0.15) is 31.7 Å². The van der Waals surface area contributed by atoms with Crippen LogP contribution < -0.4 is 4.74 Å². The lowest BCUT2D eigenvalue weighted by atomic mass is 9.87. The third-order valence-corrected chi connectivity index (χ3v) is 4.23. The SMILES string of the molecule is CCOC(=O)/C(=C/OC1C=C(C)C(O)O1)C1CCOc2ccccc21. The van der Waals surface area contributed by atoms with E-state index in [4.69, 9.17) is 18.9 Å². The lowest BCUT2D eigenvalue weighted by Crippen LogP contribution is -2.22. The van der Waals surface area contributed by atoms with Crippen molar-refractivity contribution in [3.63, 3.8) is 0 Å². The van der Waals surface area contributed by atoms with Crippen LogP contribution in [0.4, 0.5) is 0 Å². The number of hydrogen-bond donors (Lipinski definition) is 1. The molecule has 0 saturated carbocycles. The molecule has 6 nitrogen and oxygen atoms in total. The first kappa shape index (κ1) is 17.5. The third-order valence-electron chi connectivity index (χ3n) is 4.23. The van der Waals surface area contributed by atoms with Gasteiger partial charge in [-0.2, -0.15) is 0 Å². The van der Waals surface area contributed by atoms with Gasteiger partial charge in [0.2, 0.25) is 6.29 Å². The van der Waals surface area contributed by atoms with E-state index in [1.165, 1.54) is 6.26 Å². The summed E-state index contributed by atoms with van der Waals surface area (Å²) in [5, 5.41) is 9.61. The Kier molecular flexibility index (Phi) is 5.40. The summed E-state index contributed by atoms with van der Waals surface area (Å²) in [5.74, 6) is 0.154. The smallest absolute Gasteiger partial charge is 0.337 e. The van der Waals surface area contributed by atoms with Gasteiger partial charge in [0.25, 0.3) is 0 Å². The van der Waals surface area contributed by atoms with E-state index in [0.717, 1.165) is 11.3 Å². The molecule has 1 aromatic rings. The average molecular weight is 346 g/mol. The molecule has 0 aromatic heterocycles. The van der Waals surface area contributed by atoms with Gasteiger partial charge in [0.15, 0.2) is 6.29 Å². The molecular weight excluding hydrogens is 324 g/mol. The number of rotatable bonds is 5. The van der Waals surface area contributed by atoms with E-state index in [-0.39, 0.29) is 12.5 Å². The second-order valence-electron chi connectivity index (χ2n) is 5.92. The van der Waals surface area contributed by atoms with Gasteiger partial charge in [0.05, 0.1) is 25.0 Å². The van der Waals surface area contributed by atoms with Crippen molar-refractivity contribution in [3.05, 3.63) is 53.3 Å². The molecule has 0 bridgehead atoms. The van der Waals surface area contributed by atoms with E-state index in [0.29, 0.717) is 24.2 Å². The number of aliphatic hydroxyl groups is 1. The fourth-order valence-electron chi connectivity index (χ4n) is 2.93. The largest absolute Gasteiger partial charge is 0.493 e. The molecule has 3 rings (SSSR count). The minimum Gasteiger partial charge on any atom is -0.493 e. The normalized spacial score (nSPS) is 25.6. The lowest BCUT2D eigenvalue weighted by molar-refractivity contribution is -0.155. The minimum atomic E-state index is -0.978. The summed E-state index contributed by atoms with van der Waals surface area (Å²) in [5.41, 5.74) is 2.01. The van der Waals surface area contributed by atoms with Gasteiger partial charge in [-0.1, -0.05) is 18.2 Å². The molecule has 6 heteroatoms. The maximum absolute atomic E-state index is 12.5. The molecule has 3 atom stereocenters. The zero-order valence-electron chi connectivity index (χ0n) is 14.3. The van der Waals surface area contributed by atoms with Gasteiger partial charge in [-0.25, -0.2) is 4.79 Å². The van der Waals surface area contributed by atoms with E-state index in [1.807, 2.05) is 24.3 Å². The summed E-state index contributed by atoms with van der Waals surface area (Å²) in [6.07, 6.45) is 2.00. The van der Waals surface area contributed by atoms with Crippen LogP contribution in [0.2, 0.25) is 0 Å². The number of ether oxygens (including phenoxy) is 4. The molecule has 0 amide bonds. The Morgan fingerprint density at radius 3 is 2.92 bits per heavy atom. The molecule has 2 heterocycles. The number of hydrogen-bond acceptors (Lipinski definition) is 6. The molecule has 0 saturated heterocycles. The van der Waals surface area contributed by atoms with Crippen LogP contribution in [0.25, 0.3) is 0 Å². The number of carbonyl (C=O) groups is 1. The van der Waals surface area contributed by atoms with Crippen molar-refractivity contribution in [1.82, 2.24) is 0 Å². The van der Waals surface area contributed by atoms with Crippen molar-refractivity contribution in [2.75, 3.05) is 13.2 Å². The van der Waals surface area contributed by atoms with E-state index < -0.39 is 18.5 Å². The molecule has 0 radical (unpaired) electrons. The third kappa shape index (κ3) is 3.86.